The molecule has 0 radical (unpaired) electrons. The van der Waals surface area contributed by atoms with E-state index in [1.807, 2.05) is 0 Å². The highest BCUT2D eigenvalue weighted by Gasteiger charge is 2.22. The summed E-state index contributed by atoms with van der Waals surface area (Å²) in [6.45, 7) is 0.846. The maximum Gasteiger partial charge on any atom is 0.274 e. The molecule has 2 N–H and O–H groups in total. The molecule has 1 aliphatic rings. The lowest BCUT2D eigenvalue weighted by Gasteiger charge is -2.06. The van der Waals surface area contributed by atoms with Crippen LogP contribution in [0.2, 0.25) is 0 Å². The van der Waals surface area contributed by atoms with Gasteiger partial charge in [0.25, 0.3) is 5.69 Å². The van der Waals surface area contributed by atoms with Crippen LogP contribution in [-0.4, -0.2) is 11.5 Å². The highest BCUT2D eigenvalue weighted by molar-refractivity contribution is 5.45. The van der Waals surface area contributed by atoms with E-state index in [4.69, 9.17) is 10.5 Å². The normalized spacial score (nSPS) is 14.8. The minimum Gasteiger partial charge on any atom is -0.493 e. The van der Waals surface area contributed by atoms with Crippen molar-refractivity contribution in [2.45, 2.75) is 19.4 Å². The fourth-order valence-electron chi connectivity index (χ4n) is 1.49. The van der Waals surface area contributed by atoms with E-state index >= 15 is 0 Å². The molecule has 0 saturated heterocycles. The van der Waals surface area contributed by atoms with Crippen molar-refractivity contribution in [2.24, 2.45) is 11.7 Å². The summed E-state index contributed by atoms with van der Waals surface area (Å²) >= 11 is 0. The molecule has 0 aromatic heterocycles. The fourth-order valence-corrected chi connectivity index (χ4v) is 1.49. The zero-order valence-electron chi connectivity index (χ0n) is 8.89. The van der Waals surface area contributed by atoms with Crippen LogP contribution in [0.3, 0.4) is 0 Å². The summed E-state index contributed by atoms with van der Waals surface area (Å²) < 4.78 is 5.53. The molecule has 1 aromatic rings. The second-order valence-corrected chi connectivity index (χ2v) is 4.01. The van der Waals surface area contributed by atoms with Crippen LogP contribution in [0.1, 0.15) is 18.4 Å². The second-order valence-electron chi connectivity index (χ2n) is 4.01. The van der Waals surface area contributed by atoms with Gasteiger partial charge in [-0.3, -0.25) is 10.1 Å². The number of nitro groups is 1. The van der Waals surface area contributed by atoms with E-state index in [0.29, 0.717) is 23.8 Å². The van der Waals surface area contributed by atoms with Gasteiger partial charge in [-0.25, -0.2) is 0 Å². The van der Waals surface area contributed by atoms with E-state index in [2.05, 4.69) is 0 Å². The number of benzene rings is 1. The van der Waals surface area contributed by atoms with Crippen molar-refractivity contribution in [1.82, 2.24) is 0 Å². The number of ether oxygens (including phenoxy) is 1. The van der Waals surface area contributed by atoms with E-state index in [1.54, 1.807) is 12.1 Å². The Kier molecular flexibility index (Phi) is 3.05. The van der Waals surface area contributed by atoms with Crippen molar-refractivity contribution < 1.29 is 9.66 Å². The monoisotopic (exact) mass is 222 g/mol. The van der Waals surface area contributed by atoms with Gasteiger partial charge in [0, 0.05) is 18.2 Å². The Labute approximate surface area is 93.4 Å². The second kappa shape index (κ2) is 4.49. The molecule has 0 aliphatic heterocycles. The molecule has 5 heteroatoms. The number of nitro benzene ring substituents is 1. The first-order valence-corrected chi connectivity index (χ1v) is 5.31. The molecule has 0 spiro atoms. The summed E-state index contributed by atoms with van der Waals surface area (Å²) in [5.74, 6) is 1.33. The molecule has 1 aliphatic carbocycles. The van der Waals surface area contributed by atoms with Gasteiger partial charge in [0.05, 0.1) is 11.5 Å². The predicted molar refractivity (Wildman–Crippen MR) is 59.2 cm³/mol. The molecule has 0 atom stereocenters. The van der Waals surface area contributed by atoms with Crippen LogP contribution in [-0.2, 0) is 6.54 Å². The number of hydrogen-bond acceptors (Lipinski definition) is 4. The summed E-state index contributed by atoms with van der Waals surface area (Å²) in [4.78, 5) is 10.3. The third-order valence-electron chi connectivity index (χ3n) is 2.65. The van der Waals surface area contributed by atoms with Crippen LogP contribution < -0.4 is 10.5 Å². The van der Waals surface area contributed by atoms with Gasteiger partial charge >= 0.3 is 0 Å². The third-order valence-corrected chi connectivity index (χ3v) is 2.65. The predicted octanol–water partition coefficient (Wildman–Crippen LogP) is 1.84. The lowest BCUT2D eigenvalue weighted by Crippen LogP contribution is -2.04. The Bertz CT molecular complexity index is 402. The van der Waals surface area contributed by atoms with E-state index in [9.17, 15) is 10.1 Å². The molecular weight excluding hydrogens is 208 g/mol. The average Bonchev–Trinajstić information content (AvgIpc) is 3.09. The molecule has 86 valence electrons. The summed E-state index contributed by atoms with van der Waals surface area (Å²) in [7, 11) is 0. The summed E-state index contributed by atoms with van der Waals surface area (Å²) in [5, 5.41) is 10.7. The maximum absolute atomic E-state index is 10.7. The molecule has 1 saturated carbocycles. The zero-order valence-corrected chi connectivity index (χ0v) is 8.89. The molecule has 16 heavy (non-hydrogen) atoms. The van der Waals surface area contributed by atoms with Crippen LogP contribution in [0.5, 0.6) is 5.75 Å². The fraction of sp³-hybridized carbons (Fsp3) is 0.455. The molecule has 1 fully saturated rings. The third kappa shape index (κ3) is 2.49. The van der Waals surface area contributed by atoms with Crippen molar-refractivity contribution in [1.29, 1.82) is 0 Å². The van der Waals surface area contributed by atoms with E-state index in [0.717, 1.165) is 0 Å². The molecule has 0 bridgehead atoms. The first kappa shape index (κ1) is 10.9. The number of hydrogen-bond donors (Lipinski definition) is 1. The van der Waals surface area contributed by atoms with Gasteiger partial charge in [0.1, 0.15) is 5.75 Å². The Morgan fingerprint density at radius 3 is 2.81 bits per heavy atom. The number of nitrogens with zero attached hydrogens (tertiary/aromatic N) is 1. The molecule has 0 heterocycles. The topological polar surface area (TPSA) is 78.4 Å². The Hall–Kier alpha value is -1.62. The minimum absolute atomic E-state index is 0.0567. The SMILES string of the molecule is NCc1cc(OCC2CC2)ccc1[N+](=O)[O-]. The van der Waals surface area contributed by atoms with Gasteiger partial charge in [0.15, 0.2) is 0 Å². The Morgan fingerprint density at radius 2 is 2.25 bits per heavy atom. The quantitative estimate of drug-likeness (QED) is 0.609. The van der Waals surface area contributed by atoms with Crippen LogP contribution in [0.15, 0.2) is 18.2 Å². The van der Waals surface area contributed by atoms with Crippen LogP contribution in [0.4, 0.5) is 5.69 Å². The lowest BCUT2D eigenvalue weighted by molar-refractivity contribution is -0.385. The Balaban J connectivity index is 2.11. The number of rotatable bonds is 5. The van der Waals surface area contributed by atoms with E-state index in [1.165, 1.54) is 18.9 Å². The number of nitrogens with two attached hydrogens (primary N) is 1. The van der Waals surface area contributed by atoms with Gasteiger partial charge in [-0.15, -0.1) is 0 Å². The largest absolute Gasteiger partial charge is 0.493 e. The maximum atomic E-state index is 10.7. The van der Waals surface area contributed by atoms with E-state index < -0.39 is 4.92 Å². The minimum atomic E-state index is -0.424. The van der Waals surface area contributed by atoms with E-state index in [-0.39, 0.29) is 12.2 Å². The molecule has 1 aromatic carbocycles. The van der Waals surface area contributed by atoms with Gasteiger partial charge in [-0.05, 0) is 30.9 Å². The van der Waals surface area contributed by atoms with Crippen molar-refractivity contribution in [3.8, 4) is 5.75 Å². The first-order valence-electron chi connectivity index (χ1n) is 5.31. The highest BCUT2D eigenvalue weighted by atomic mass is 16.6. The molecular formula is C11H14N2O3. The average molecular weight is 222 g/mol. The van der Waals surface area contributed by atoms with Gasteiger partial charge in [-0.2, -0.15) is 0 Å². The van der Waals surface area contributed by atoms with Gasteiger partial charge < -0.3 is 10.5 Å². The van der Waals surface area contributed by atoms with Crippen molar-refractivity contribution in [3.05, 3.63) is 33.9 Å². The summed E-state index contributed by atoms with van der Waals surface area (Å²) in [5.41, 5.74) is 6.03. The molecule has 0 amide bonds. The summed E-state index contributed by atoms with van der Waals surface area (Å²) in [6, 6.07) is 4.73. The van der Waals surface area contributed by atoms with Crippen LogP contribution in [0, 0.1) is 16.0 Å². The van der Waals surface area contributed by atoms with Gasteiger partial charge in [-0.1, -0.05) is 0 Å². The van der Waals surface area contributed by atoms with Crippen LogP contribution in [0.25, 0.3) is 0 Å². The van der Waals surface area contributed by atoms with Crippen LogP contribution >= 0.6 is 0 Å². The lowest BCUT2D eigenvalue weighted by atomic mass is 10.1. The van der Waals surface area contributed by atoms with Crippen molar-refractivity contribution >= 4 is 5.69 Å². The summed E-state index contributed by atoms with van der Waals surface area (Å²) in [6.07, 6.45) is 2.44. The van der Waals surface area contributed by atoms with Gasteiger partial charge in [0.2, 0.25) is 0 Å². The molecule has 0 unspecified atom stereocenters. The smallest absolute Gasteiger partial charge is 0.274 e. The van der Waals surface area contributed by atoms with Crippen molar-refractivity contribution in [3.63, 3.8) is 0 Å². The van der Waals surface area contributed by atoms with Crippen molar-refractivity contribution in [2.75, 3.05) is 6.61 Å². The highest BCUT2D eigenvalue weighted by Crippen LogP contribution is 2.30. The molecule has 5 nitrogen and oxygen atoms in total. The Morgan fingerprint density at radius 1 is 1.50 bits per heavy atom. The molecule has 2 rings (SSSR count). The first-order chi connectivity index (χ1) is 7.70. The standard InChI is InChI=1S/C11H14N2O3/c12-6-9-5-10(16-7-8-1-2-8)3-4-11(9)13(14)15/h3-5,8H,1-2,6-7,12H2. The zero-order chi connectivity index (χ0) is 11.5.